The standard InChI is InChI=1S/C11H16N6O2/c18-10-7-16(3-1-2-13-10)11(19)9-6-17(15-14-9)8-4-12-5-8/h6,8,12H,1-5,7H2,(H,13,18). The maximum Gasteiger partial charge on any atom is 0.276 e. The van der Waals surface area contributed by atoms with E-state index in [0.29, 0.717) is 18.8 Å². The van der Waals surface area contributed by atoms with Crippen LogP contribution in [0.4, 0.5) is 0 Å². The average Bonchev–Trinajstić information content (AvgIpc) is 2.68. The quantitative estimate of drug-likeness (QED) is 0.670. The highest BCUT2D eigenvalue weighted by Gasteiger charge is 2.25. The lowest BCUT2D eigenvalue weighted by Crippen LogP contribution is -2.43. The molecule has 0 bridgehead atoms. The first-order valence-electron chi connectivity index (χ1n) is 6.42. The number of nitrogens with zero attached hydrogens (tertiary/aromatic N) is 4. The minimum absolute atomic E-state index is 0.0939. The van der Waals surface area contributed by atoms with E-state index < -0.39 is 0 Å². The molecule has 2 aliphatic rings. The Morgan fingerprint density at radius 1 is 1.42 bits per heavy atom. The molecule has 3 rings (SSSR count). The predicted octanol–water partition coefficient (Wildman–Crippen LogP) is -1.62. The number of hydrogen-bond acceptors (Lipinski definition) is 5. The molecule has 0 saturated carbocycles. The Morgan fingerprint density at radius 3 is 3.00 bits per heavy atom. The largest absolute Gasteiger partial charge is 0.354 e. The second-order valence-corrected chi connectivity index (χ2v) is 4.83. The molecule has 8 nitrogen and oxygen atoms in total. The number of nitrogens with one attached hydrogen (secondary N) is 2. The van der Waals surface area contributed by atoms with Gasteiger partial charge in [0.25, 0.3) is 5.91 Å². The summed E-state index contributed by atoms with van der Waals surface area (Å²) in [6, 6.07) is 0.279. The van der Waals surface area contributed by atoms with Gasteiger partial charge in [-0.3, -0.25) is 9.59 Å². The number of rotatable bonds is 2. The summed E-state index contributed by atoms with van der Waals surface area (Å²) >= 11 is 0. The molecular formula is C11H16N6O2. The van der Waals surface area contributed by atoms with Crippen molar-refractivity contribution in [2.75, 3.05) is 32.7 Å². The first-order chi connectivity index (χ1) is 9.24. The van der Waals surface area contributed by atoms with Crippen molar-refractivity contribution >= 4 is 11.8 Å². The zero-order chi connectivity index (χ0) is 13.2. The van der Waals surface area contributed by atoms with Crippen molar-refractivity contribution < 1.29 is 9.59 Å². The molecule has 2 saturated heterocycles. The molecule has 2 fully saturated rings. The van der Waals surface area contributed by atoms with Crippen LogP contribution in [0.5, 0.6) is 0 Å². The predicted molar refractivity (Wildman–Crippen MR) is 65.5 cm³/mol. The number of carbonyl (C=O) groups is 2. The van der Waals surface area contributed by atoms with Crippen molar-refractivity contribution in [3.05, 3.63) is 11.9 Å². The molecular weight excluding hydrogens is 248 g/mol. The van der Waals surface area contributed by atoms with Crippen LogP contribution in [0.1, 0.15) is 23.0 Å². The topological polar surface area (TPSA) is 92.2 Å². The molecule has 0 radical (unpaired) electrons. The van der Waals surface area contributed by atoms with E-state index in [-0.39, 0.29) is 24.4 Å². The van der Waals surface area contributed by atoms with Crippen LogP contribution in [0.15, 0.2) is 6.20 Å². The first-order valence-corrected chi connectivity index (χ1v) is 6.42. The average molecular weight is 264 g/mol. The van der Waals surface area contributed by atoms with E-state index in [2.05, 4.69) is 20.9 Å². The summed E-state index contributed by atoms with van der Waals surface area (Å²) in [6.45, 7) is 2.97. The summed E-state index contributed by atoms with van der Waals surface area (Å²) in [7, 11) is 0. The summed E-state index contributed by atoms with van der Waals surface area (Å²) in [4.78, 5) is 25.2. The van der Waals surface area contributed by atoms with Crippen molar-refractivity contribution in [1.29, 1.82) is 0 Å². The van der Waals surface area contributed by atoms with E-state index in [9.17, 15) is 9.59 Å². The van der Waals surface area contributed by atoms with Gasteiger partial charge in [-0.15, -0.1) is 5.10 Å². The zero-order valence-electron chi connectivity index (χ0n) is 10.5. The summed E-state index contributed by atoms with van der Waals surface area (Å²) in [5.41, 5.74) is 0.307. The van der Waals surface area contributed by atoms with E-state index in [1.807, 2.05) is 0 Å². The third kappa shape index (κ3) is 2.43. The second-order valence-electron chi connectivity index (χ2n) is 4.83. The highest BCUT2D eigenvalue weighted by molar-refractivity contribution is 5.94. The minimum Gasteiger partial charge on any atom is -0.354 e. The van der Waals surface area contributed by atoms with Crippen LogP contribution in [-0.2, 0) is 4.79 Å². The summed E-state index contributed by atoms with van der Waals surface area (Å²) in [5, 5.41) is 13.8. The highest BCUT2D eigenvalue weighted by atomic mass is 16.2. The van der Waals surface area contributed by atoms with Gasteiger partial charge in [0.2, 0.25) is 5.91 Å². The highest BCUT2D eigenvalue weighted by Crippen LogP contribution is 2.11. The number of aromatic nitrogens is 3. The van der Waals surface area contributed by atoms with Gasteiger partial charge in [-0.2, -0.15) is 0 Å². The Bertz CT molecular complexity index is 495. The monoisotopic (exact) mass is 264 g/mol. The second kappa shape index (κ2) is 4.96. The molecule has 102 valence electrons. The lowest BCUT2D eigenvalue weighted by Gasteiger charge is -2.26. The fourth-order valence-electron chi connectivity index (χ4n) is 2.16. The Kier molecular flexibility index (Phi) is 3.16. The van der Waals surface area contributed by atoms with Crippen molar-refractivity contribution in [2.24, 2.45) is 0 Å². The Balaban J connectivity index is 1.71. The van der Waals surface area contributed by atoms with Crippen molar-refractivity contribution in [1.82, 2.24) is 30.5 Å². The molecule has 0 unspecified atom stereocenters. The Morgan fingerprint density at radius 2 is 2.26 bits per heavy atom. The SMILES string of the molecule is O=C1CN(C(=O)c2cn(C3CNC3)nn2)CCCN1. The van der Waals surface area contributed by atoms with Gasteiger partial charge >= 0.3 is 0 Å². The van der Waals surface area contributed by atoms with E-state index in [1.54, 1.807) is 10.9 Å². The van der Waals surface area contributed by atoms with Crippen LogP contribution in [-0.4, -0.2) is 64.4 Å². The number of hydrogen-bond donors (Lipinski definition) is 2. The third-order valence-corrected chi connectivity index (χ3v) is 3.41. The fraction of sp³-hybridized carbons (Fsp3) is 0.636. The van der Waals surface area contributed by atoms with E-state index in [4.69, 9.17) is 0 Å². The third-order valence-electron chi connectivity index (χ3n) is 3.41. The van der Waals surface area contributed by atoms with Gasteiger partial charge in [0, 0.05) is 26.2 Å². The number of carbonyl (C=O) groups excluding carboxylic acids is 2. The van der Waals surface area contributed by atoms with Gasteiger partial charge in [0.1, 0.15) is 0 Å². The lowest BCUT2D eigenvalue weighted by atomic mass is 10.2. The van der Waals surface area contributed by atoms with Crippen LogP contribution in [0.3, 0.4) is 0 Å². The maximum absolute atomic E-state index is 12.3. The number of amides is 2. The molecule has 8 heteroatoms. The molecule has 1 aromatic heterocycles. The smallest absolute Gasteiger partial charge is 0.276 e. The van der Waals surface area contributed by atoms with E-state index in [0.717, 1.165) is 19.5 Å². The van der Waals surface area contributed by atoms with Gasteiger partial charge in [-0.1, -0.05) is 5.21 Å². The molecule has 0 aliphatic carbocycles. The van der Waals surface area contributed by atoms with E-state index in [1.165, 1.54) is 4.90 Å². The van der Waals surface area contributed by atoms with Gasteiger partial charge in [-0.05, 0) is 6.42 Å². The summed E-state index contributed by atoms with van der Waals surface area (Å²) < 4.78 is 1.71. The van der Waals surface area contributed by atoms with Crippen molar-refractivity contribution in [3.63, 3.8) is 0 Å². The van der Waals surface area contributed by atoms with Gasteiger partial charge in [-0.25, -0.2) is 4.68 Å². The van der Waals surface area contributed by atoms with E-state index >= 15 is 0 Å². The van der Waals surface area contributed by atoms with Crippen LogP contribution in [0.25, 0.3) is 0 Å². The molecule has 2 N–H and O–H groups in total. The molecule has 0 spiro atoms. The molecule has 2 amide bonds. The van der Waals surface area contributed by atoms with Crippen LogP contribution in [0, 0.1) is 0 Å². The molecule has 19 heavy (non-hydrogen) atoms. The van der Waals surface area contributed by atoms with Crippen LogP contribution >= 0.6 is 0 Å². The van der Waals surface area contributed by atoms with Crippen molar-refractivity contribution in [3.8, 4) is 0 Å². The summed E-state index contributed by atoms with van der Waals surface area (Å²) in [6.07, 6.45) is 2.43. The van der Waals surface area contributed by atoms with Crippen LogP contribution in [0.2, 0.25) is 0 Å². The molecule has 1 aromatic rings. The van der Waals surface area contributed by atoms with Crippen molar-refractivity contribution in [2.45, 2.75) is 12.5 Å². The zero-order valence-corrected chi connectivity index (χ0v) is 10.5. The first kappa shape index (κ1) is 12.1. The normalized spacial score (nSPS) is 20.6. The van der Waals surface area contributed by atoms with Gasteiger partial charge < -0.3 is 15.5 Å². The summed E-state index contributed by atoms with van der Waals surface area (Å²) in [5.74, 6) is -0.350. The fourth-order valence-corrected chi connectivity index (χ4v) is 2.16. The van der Waals surface area contributed by atoms with Crippen LogP contribution < -0.4 is 10.6 Å². The Labute approximate surface area is 110 Å². The molecule has 3 heterocycles. The molecule has 0 aromatic carbocycles. The maximum atomic E-state index is 12.3. The minimum atomic E-state index is -0.226. The molecule has 2 aliphatic heterocycles. The van der Waals surface area contributed by atoms with Gasteiger partial charge in [0.05, 0.1) is 18.8 Å². The van der Waals surface area contributed by atoms with Gasteiger partial charge in [0.15, 0.2) is 5.69 Å². The Hall–Kier alpha value is -1.96. The molecule has 0 atom stereocenters. The lowest BCUT2D eigenvalue weighted by molar-refractivity contribution is -0.121.